The molecule has 56 valence electrons. The second kappa shape index (κ2) is 3.31. The molecule has 1 rings (SSSR count). The molecule has 10 heavy (non-hydrogen) atoms. The summed E-state index contributed by atoms with van der Waals surface area (Å²) in [6.07, 6.45) is 4.22. The van der Waals surface area contributed by atoms with Crippen molar-refractivity contribution in [3.8, 4) is 0 Å². The molecule has 0 aliphatic rings. The summed E-state index contributed by atoms with van der Waals surface area (Å²) in [4.78, 5) is 3.84. The van der Waals surface area contributed by atoms with Crippen LogP contribution in [0.3, 0.4) is 0 Å². The summed E-state index contributed by atoms with van der Waals surface area (Å²) in [6, 6.07) is 0.308. The minimum atomic E-state index is 0.308. The third-order valence-electron chi connectivity index (χ3n) is 1.55. The maximum absolute atomic E-state index is 5.49. The van der Waals surface area contributed by atoms with E-state index in [4.69, 9.17) is 5.73 Å². The predicted octanol–water partition coefficient (Wildman–Crippen LogP) is 0.188. The van der Waals surface area contributed by atoms with Gasteiger partial charge in [0.05, 0.1) is 6.04 Å². The smallest absolute Gasteiger partial charge is 0.137 e. The molecule has 0 aromatic carbocycles. The van der Waals surface area contributed by atoms with Crippen molar-refractivity contribution in [2.24, 2.45) is 5.73 Å². The molecule has 0 aliphatic heterocycles. The Kier molecular flexibility index (Phi) is 2.39. The number of rotatable bonds is 3. The van der Waals surface area contributed by atoms with Crippen LogP contribution in [0.2, 0.25) is 0 Å². The van der Waals surface area contributed by atoms with E-state index in [2.05, 4.69) is 17.0 Å². The van der Waals surface area contributed by atoms with Crippen LogP contribution in [0.25, 0.3) is 0 Å². The number of aromatic nitrogens is 3. The van der Waals surface area contributed by atoms with Crippen LogP contribution >= 0.6 is 0 Å². The van der Waals surface area contributed by atoms with E-state index in [9.17, 15) is 0 Å². The topological polar surface area (TPSA) is 56.7 Å². The average molecular weight is 140 g/mol. The van der Waals surface area contributed by atoms with E-state index in [1.54, 1.807) is 11.0 Å². The first-order valence-electron chi connectivity index (χ1n) is 3.42. The number of nitrogens with zero attached hydrogens (tertiary/aromatic N) is 3. The molecule has 0 fully saturated rings. The minimum absolute atomic E-state index is 0.308. The lowest BCUT2D eigenvalue weighted by Crippen LogP contribution is -2.18. The first kappa shape index (κ1) is 7.21. The second-order valence-electron chi connectivity index (χ2n) is 2.17. The highest BCUT2D eigenvalue weighted by atomic mass is 15.3. The van der Waals surface area contributed by atoms with Crippen LogP contribution in [-0.2, 0) is 0 Å². The predicted molar refractivity (Wildman–Crippen MR) is 38.4 cm³/mol. The van der Waals surface area contributed by atoms with Gasteiger partial charge < -0.3 is 5.73 Å². The van der Waals surface area contributed by atoms with Crippen LogP contribution in [0.15, 0.2) is 12.7 Å². The van der Waals surface area contributed by atoms with Crippen LogP contribution in [0.1, 0.15) is 19.4 Å². The first-order valence-corrected chi connectivity index (χ1v) is 3.42. The quantitative estimate of drug-likeness (QED) is 0.652. The van der Waals surface area contributed by atoms with Gasteiger partial charge in [-0.3, -0.25) is 0 Å². The van der Waals surface area contributed by atoms with E-state index >= 15 is 0 Å². The van der Waals surface area contributed by atoms with Crippen LogP contribution in [0.4, 0.5) is 0 Å². The third-order valence-corrected chi connectivity index (χ3v) is 1.55. The summed E-state index contributed by atoms with van der Waals surface area (Å²) in [5, 5.41) is 3.98. The van der Waals surface area contributed by atoms with Crippen LogP contribution in [0, 0.1) is 0 Å². The van der Waals surface area contributed by atoms with E-state index in [1.165, 1.54) is 6.33 Å². The first-order chi connectivity index (χ1) is 4.88. The Morgan fingerprint density at radius 1 is 1.70 bits per heavy atom. The molecule has 1 heterocycles. The Labute approximate surface area is 60.1 Å². The van der Waals surface area contributed by atoms with E-state index < -0.39 is 0 Å². The van der Waals surface area contributed by atoms with Gasteiger partial charge in [0, 0.05) is 6.54 Å². The fourth-order valence-corrected chi connectivity index (χ4v) is 0.868. The molecule has 0 aliphatic carbocycles. The molecule has 4 heteroatoms. The third kappa shape index (κ3) is 1.33. The van der Waals surface area contributed by atoms with Crippen LogP contribution in [0.5, 0.6) is 0 Å². The molecular formula is C6H12N4. The van der Waals surface area contributed by atoms with Gasteiger partial charge in [0.15, 0.2) is 0 Å². The van der Waals surface area contributed by atoms with E-state index in [1.807, 2.05) is 0 Å². The van der Waals surface area contributed by atoms with Crippen LogP contribution in [-0.4, -0.2) is 21.3 Å². The number of hydrogen-bond donors (Lipinski definition) is 1. The maximum Gasteiger partial charge on any atom is 0.137 e. The molecule has 0 amide bonds. The summed E-state index contributed by atoms with van der Waals surface area (Å²) < 4.78 is 1.79. The fraction of sp³-hybridized carbons (Fsp3) is 0.667. The van der Waals surface area contributed by atoms with Crippen molar-refractivity contribution in [1.82, 2.24) is 14.8 Å². The molecular weight excluding hydrogens is 128 g/mol. The standard InChI is InChI=1S/C6H12N4/c1-2-6(3-7)10-5-8-4-9-10/h4-6H,2-3,7H2,1H3. The molecule has 1 atom stereocenters. The van der Waals surface area contributed by atoms with Gasteiger partial charge in [-0.1, -0.05) is 6.92 Å². The average Bonchev–Trinajstić information content (AvgIpc) is 2.43. The summed E-state index contributed by atoms with van der Waals surface area (Å²) in [7, 11) is 0. The lowest BCUT2D eigenvalue weighted by Gasteiger charge is -2.10. The zero-order valence-corrected chi connectivity index (χ0v) is 6.07. The van der Waals surface area contributed by atoms with E-state index in [0.717, 1.165) is 6.42 Å². The largest absolute Gasteiger partial charge is 0.328 e. The van der Waals surface area contributed by atoms with Gasteiger partial charge in [0.2, 0.25) is 0 Å². The fourth-order valence-electron chi connectivity index (χ4n) is 0.868. The maximum atomic E-state index is 5.49. The van der Waals surface area contributed by atoms with Gasteiger partial charge in [-0.15, -0.1) is 0 Å². The highest BCUT2D eigenvalue weighted by molar-refractivity contribution is 4.67. The lowest BCUT2D eigenvalue weighted by molar-refractivity contribution is 0.449. The molecule has 1 aromatic heterocycles. The van der Waals surface area contributed by atoms with Gasteiger partial charge in [-0.05, 0) is 6.42 Å². The normalized spacial score (nSPS) is 13.4. The Bertz CT molecular complexity index is 166. The van der Waals surface area contributed by atoms with E-state index in [-0.39, 0.29) is 0 Å². The zero-order chi connectivity index (χ0) is 7.40. The van der Waals surface area contributed by atoms with Gasteiger partial charge >= 0.3 is 0 Å². The second-order valence-corrected chi connectivity index (χ2v) is 2.17. The van der Waals surface area contributed by atoms with Crippen molar-refractivity contribution in [2.45, 2.75) is 19.4 Å². The van der Waals surface area contributed by atoms with Crippen molar-refractivity contribution in [2.75, 3.05) is 6.54 Å². The molecule has 1 aromatic rings. The van der Waals surface area contributed by atoms with Crippen molar-refractivity contribution in [3.05, 3.63) is 12.7 Å². The minimum Gasteiger partial charge on any atom is -0.328 e. The van der Waals surface area contributed by atoms with Gasteiger partial charge in [-0.2, -0.15) is 5.10 Å². The van der Waals surface area contributed by atoms with Gasteiger partial charge in [0.25, 0.3) is 0 Å². The zero-order valence-electron chi connectivity index (χ0n) is 6.07. The number of nitrogens with two attached hydrogens (primary N) is 1. The summed E-state index contributed by atoms with van der Waals surface area (Å²) >= 11 is 0. The molecule has 4 nitrogen and oxygen atoms in total. The molecule has 0 saturated carbocycles. The monoisotopic (exact) mass is 140 g/mol. The van der Waals surface area contributed by atoms with Crippen molar-refractivity contribution >= 4 is 0 Å². The van der Waals surface area contributed by atoms with Gasteiger partial charge in [-0.25, -0.2) is 9.67 Å². The molecule has 0 bridgehead atoms. The Morgan fingerprint density at radius 3 is 2.90 bits per heavy atom. The molecule has 0 saturated heterocycles. The van der Waals surface area contributed by atoms with Crippen LogP contribution < -0.4 is 5.73 Å². The van der Waals surface area contributed by atoms with Crippen molar-refractivity contribution in [3.63, 3.8) is 0 Å². The summed E-state index contributed by atoms with van der Waals surface area (Å²) in [6.45, 7) is 2.71. The van der Waals surface area contributed by atoms with E-state index in [0.29, 0.717) is 12.6 Å². The number of hydrogen-bond acceptors (Lipinski definition) is 3. The Morgan fingerprint density at radius 2 is 2.50 bits per heavy atom. The Balaban J connectivity index is 2.64. The lowest BCUT2D eigenvalue weighted by atomic mass is 10.2. The Hall–Kier alpha value is -0.900. The SMILES string of the molecule is CCC(CN)n1cncn1. The highest BCUT2D eigenvalue weighted by Gasteiger charge is 2.04. The summed E-state index contributed by atoms with van der Waals surface area (Å²) in [5.74, 6) is 0. The molecule has 2 N–H and O–H groups in total. The molecule has 0 spiro atoms. The van der Waals surface area contributed by atoms with Crippen molar-refractivity contribution in [1.29, 1.82) is 0 Å². The molecule has 0 radical (unpaired) electrons. The molecule has 1 unspecified atom stereocenters. The van der Waals surface area contributed by atoms with Crippen molar-refractivity contribution < 1.29 is 0 Å². The summed E-state index contributed by atoms with van der Waals surface area (Å²) in [5.41, 5.74) is 5.49. The highest BCUT2D eigenvalue weighted by Crippen LogP contribution is 2.04. The van der Waals surface area contributed by atoms with Gasteiger partial charge in [0.1, 0.15) is 12.7 Å².